The summed E-state index contributed by atoms with van der Waals surface area (Å²) in [4.78, 5) is 11.2. The van der Waals surface area contributed by atoms with Gasteiger partial charge >= 0.3 is 12.1 Å². The molecule has 0 radical (unpaired) electrons. The van der Waals surface area contributed by atoms with Gasteiger partial charge in [0.2, 0.25) is 0 Å². The maximum absolute atomic E-state index is 12.8. The van der Waals surface area contributed by atoms with Gasteiger partial charge in [-0.25, -0.2) is 0 Å². The third-order valence-corrected chi connectivity index (χ3v) is 2.51. The average molecular weight is 241 g/mol. The van der Waals surface area contributed by atoms with Gasteiger partial charge in [-0.1, -0.05) is 0 Å². The quantitative estimate of drug-likeness (QED) is 0.801. The van der Waals surface area contributed by atoms with Crippen LogP contribution in [-0.4, -0.2) is 54.5 Å². The molecule has 0 aliphatic carbocycles. The first-order chi connectivity index (χ1) is 7.32. The van der Waals surface area contributed by atoms with Crippen LogP contribution in [0, 0.1) is 0 Å². The zero-order chi connectivity index (χ0) is 12.3. The maximum Gasteiger partial charge on any atom is 0.406 e. The summed E-state index contributed by atoms with van der Waals surface area (Å²) in [5.74, 6) is -1.28. The van der Waals surface area contributed by atoms with Crippen molar-refractivity contribution >= 4 is 5.97 Å². The number of aliphatic carboxylic acids is 1. The molecule has 0 bridgehead atoms. The molecule has 0 aromatic rings. The zero-order valence-electron chi connectivity index (χ0n) is 8.83. The van der Waals surface area contributed by atoms with Crippen molar-refractivity contribution in [3.63, 3.8) is 0 Å². The Kier molecular flexibility index (Phi) is 4.15. The van der Waals surface area contributed by atoms with Gasteiger partial charge in [-0.3, -0.25) is 9.69 Å². The molecule has 2 atom stereocenters. The van der Waals surface area contributed by atoms with Gasteiger partial charge < -0.3 is 9.84 Å². The van der Waals surface area contributed by atoms with E-state index in [1.54, 1.807) is 0 Å². The van der Waals surface area contributed by atoms with Gasteiger partial charge in [-0.15, -0.1) is 0 Å². The van der Waals surface area contributed by atoms with Crippen LogP contribution in [0.2, 0.25) is 0 Å². The van der Waals surface area contributed by atoms with Crippen molar-refractivity contribution in [3.8, 4) is 0 Å². The molecule has 1 aliphatic heterocycles. The Morgan fingerprint density at radius 1 is 1.62 bits per heavy atom. The fourth-order valence-corrected chi connectivity index (χ4v) is 1.91. The van der Waals surface area contributed by atoms with Gasteiger partial charge in [0.05, 0.1) is 12.6 Å². The van der Waals surface area contributed by atoms with Crippen molar-refractivity contribution in [2.24, 2.45) is 0 Å². The van der Waals surface area contributed by atoms with Crippen LogP contribution in [0.5, 0.6) is 0 Å². The van der Waals surface area contributed by atoms with Gasteiger partial charge in [-0.05, 0) is 19.9 Å². The van der Waals surface area contributed by atoms with Gasteiger partial charge in [0.25, 0.3) is 0 Å². The fourth-order valence-electron chi connectivity index (χ4n) is 1.91. The van der Waals surface area contributed by atoms with Crippen LogP contribution in [0.3, 0.4) is 0 Å². The summed E-state index contributed by atoms with van der Waals surface area (Å²) in [6.07, 6.45) is -4.53. The minimum absolute atomic E-state index is 0.304. The molecule has 0 saturated carbocycles. The van der Waals surface area contributed by atoms with E-state index >= 15 is 0 Å². The van der Waals surface area contributed by atoms with Crippen molar-refractivity contribution < 1.29 is 27.8 Å². The van der Waals surface area contributed by atoms with E-state index in [1.165, 1.54) is 0 Å². The molecule has 7 heteroatoms. The second-order valence-electron chi connectivity index (χ2n) is 3.85. The molecule has 16 heavy (non-hydrogen) atoms. The van der Waals surface area contributed by atoms with Crippen LogP contribution in [0.25, 0.3) is 0 Å². The number of hydrogen-bond donors (Lipinski definition) is 1. The Morgan fingerprint density at radius 3 is 2.62 bits per heavy atom. The van der Waals surface area contributed by atoms with E-state index in [0.717, 1.165) is 11.9 Å². The number of halogens is 3. The first-order valence-corrected chi connectivity index (χ1v) is 4.92. The number of likely N-dealkylation sites (N-methyl/N-ethyl adjacent to an activating group) is 1. The topological polar surface area (TPSA) is 49.8 Å². The highest BCUT2D eigenvalue weighted by Gasteiger charge is 2.49. The molecule has 0 aromatic heterocycles. The monoisotopic (exact) mass is 241 g/mol. The summed E-state index contributed by atoms with van der Waals surface area (Å²) < 4.78 is 43.3. The van der Waals surface area contributed by atoms with Gasteiger partial charge in [0, 0.05) is 6.61 Å². The van der Waals surface area contributed by atoms with E-state index in [1.807, 2.05) is 0 Å². The summed E-state index contributed by atoms with van der Waals surface area (Å²) >= 11 is 0. The molecule has 4 nitrogen and oxygen atoms in total. The second-order valence-corrected chi connectivity index (χ2v) is 3.85. The Hall–Kier alpha value is -0.820. The number of carboxylic acids is 1. The van der Waals surface area contributed by atoms with E-state index in [2.05, 4.69) is 0 Å². The zero-order valence-corrected chi connectivity index (χ0v) is 8.83. The van der Waals surface area contributed by atoms with E-state index in [9.17, 15) is 18.0 Å². The van der Waals surface area contributed by atoms with E-state index in [4.69, 9.17) is 9.84 Å². The first-order valence-electron chi connectivity index (χ1n) is 4.92. The maximum atomic E-state index is 12.8. The Morgan fingerprint density at radius 2 is 2.25 bits per heavy atom. The van der Waals surface area contributed by atoms with Gasteiger partial charge in [0.15, 0.2) is 0 Å². The van der Waals surface area contributed by atoms with E-state index in [0.29, 0.717) is 19.4 Å². The normalized spacial score (nSPS) is 23.7. The summed E-state index contributed by atoms with van der Waals surface area (Å²) in [6, 6.07) is -1.84. The molecule has 1 N–H and O–H groups in total. The second kappa shape index (κ2) is 5.01. The van der Waals surface area contributed by atoms with Crippen LogP contribution in [0.4, 0.5) is 13.2 Å². The SMILES string of the molecule is CN(CC(=O)O)[C@H]([C@@H]1CCCO1)C(F)(F)F. The van der Waals surface area contributed by atoms with Gasteiger partial charge in [0.1, 0.15) is 6.04 Å². The van der Waals surface area contributed by atoms with Crippen molar-refractivity contribution in [3.05, 3.63) is 0 Å². The summed E-state index contributed by atoms with van der Waals surface area (Å²) in [5.41, 5.74) is 0. The number of nitrogens with zero attached hydrogens (tertiary/aromatic N) is 1. The predicted octanol–water partition coefficient (Wildman–Crippen LogP) is 1.11. The molecule has 1 fully saturated rings. The number of carboxylic acid groups (broad SMARTS) is 1. The number of rotatable bonds is 4. The van der Waals surface area contributed by atoms with Crippen LogP contribution >= 0.6 is 0 Å². The lowest BCUT2D eigenvalue weighted by molar-refractivity contribution is -0.206. The highest BCUT2D eigenvalue weighted by atomic mass is 19.4. The summed E-state index contributed by atoms with van der Waals surface area (Å²) in [6.45, 7) is -0.345. The molecule has 0 aromatic carbocycles. The lowest BCUT2D eigenvalue weighted by atomic mass is 10.1. The average Bonchev–Trinajstić information content (AvgIpc) is 2.52. The van der Waals surface area contributed by atoms with Crippen LogP contribution < -0.4 is 0 Å². The molecule has 1 rings (SSSR count). The van der Waals surface area contributed by atoms with Crippen LogP contribution in [-0.2, 0) is 9.53 Å². The lowest BCUT2D eigenvalue weighted by Crippen LogP contribution is -2.52. The highest BCUT2D eigenvalue weighted by Crippen LogP contribution is 2.31. The molecular weight excluding hydrogens is 227 g/mol. The Bertz CT molecular complexity index is 251. The van der Waals surface area contributed by atoms with Crippen molar-refractivity contribution in [1.29, 1.82) is 0 Å². The third-order valence-electron chi connectivity index (χ3n) is 2.51. The first kappa shape index (κ1) is 13.2. The van der Waals surface area contributed by atoms with E-state index in [-0.39, 0.29) is 0 Å². The molecule has 0 spiro atoms. The fraction of sp³-hybridized carbons (Fsp3) is 0.889. The molecule has 1 aliphatic rings. The van der Waals surface area contributed by atoms with E-state index < -0.39 is 30.8 Å². The Balaban J connectivity index is 2.74. The molecule has 1 saturated heterocycles. The summed E-state index contributed by atoms with van der Waals surface area (Å²) in [7, 11) is 1.15. The van der Waals surface area contributed by atoms with Crippen molar-refractivity contribution in [2.45, 2.75) is 31.2 Å². The Labute approximate surface area is 91.0 Å². The van der Waals surface area contributed by atoms with Crippen LogP contribution in [0.15, 0.2) is 0 Å². The highest BCUT2D eigenvalue weighted by molar-refractivity contribution is 5.69. The van der Waals surface area contributed by atoms with Crippen molar-refractivity contribution in [1.82, 2.24) is 4.90 Å². The standard InChI is InChI=1S/C9H14F3NO3/c1-13(5-7(14)15)8(9(10,11)12)6-3-2-4-16-6/h6,8H,2-5H2,1H3,(H,14,15)/t6-,8+/m0/s1. The van der Waals surface area contributed by atoms with Gasteiger partial charge in [-0.2, -0.15) is 13.2 Å². The number of hydrogen-bond acceptors (Lipinski definition) is 3. The number of alkyl halides is 3. The molecule has 0 unspecified atom stereocenters. The number of ether oxygens (including phenoxy) is 1. The third kappa shape index (κ3) is 3.34. The molecular formula is C9H14F3NO3. The molecule has 0 amide bonds. The largest absolute Gasteiger partial charge is 0.480 e. The lowest BCUT2D eigenvalue weighted by Gasteiger charge is -2.32. The van der Waals surface area contributed by atoms with Crippen molar-refractivity contribution in [2.75, 3.05) is 20.2 Å². The number of carbonyl (C=O) groups is 1. The minimum Gasteiger partial charge on any atom is -0.480 e. The smallest absolute Gasteiger partial charge is 0.406 e. The minimum atomic E-state index is -4.47. The summed E-state index contributed by atoms with van der Waals surface area (Å²) in [5, 5.41) is 8.49. The predicted molar refractivity (Wildman–Crippen MR) is 49.1 cm³/mol. The molecule has 94 valence electrons. The molecule has 1 heterocycles. The van der Waals surface area contributed by atoms with Crippen LogP contribution in [0.1, 0.15) is 12.8 Å².